The number of hydrogen-bond donors (Lipinski definition) is 1. The van der Waals surface area contributed by atoms with E-state index in [1.807, 2.05) is 0 Å². The van der Waals surface area contributed by atoms with Gasteiger partial charge < -0.3 is 9.26 Å². The van der Waals surface area contributed by atoms with E-state index in [0.29, 0.717) is 6.04 Å². The van der Waals surface area contributed by atoms with Crippen molar-refractivity contribution in [3.8, 4) is 0 Å². The van der Waals surface area contributed by atoms with E-state index in [4.69, 9.17) is 4.80 Å². The van der Waals surface area contributed by atoms with Gasteiger partial charge in [0.05, 0.1) is 0 Å². The van der Waals surface area contributed by atoms with E-state index in [2.05, 4.69) is 0 Å². The highest BCUT2D eigenvalue weighted by molar-refractivity contribution is 6.32. The molecule has 3 heteroatoms. The molecular formula is C2H6O2Si. The van der Waals surface area contributed by atoms with Gasteiger partial charge >= 0.3 is 8.93 Å². The molecule has 0 aromatic heterocycles. The van der Waals surface area contributed by atoms with Crippen molar-refractivity contribution in [2.75, 3.05) is 0 Å². The first-order chi connectivity index (χ1) is 2.27. The fraction of sp³-hybridized carbons (Fsp3) is 1.00. The summed E-state index contributed by atoms with van der Waals surface area (Å²) in [6.07, 6.45) is 0. The molecule has 30 valence electrons. The zero-order chi connectivity index (χ0) is 4.28. The summed E-state index contributed by atoms with van der Waals surface area (Å²) < 4.78 is 9.55. The van der Waals surface area contributed by atoms with Crippen molar-refractivity contribution in [2.24, 2.45) is 0 Å². The second kappa shape index (κ2) is 2.08. The third-order valence-electron chi connectivity index (χ3n) is 0.302. The zero-order valence-electron chi connectivity index (χ0n) is 3.06. The zero-order valence-corrected chi connectivity index (χ0v) is 4.06. The molecule has 5 heavy (non-hydrogen) atoms. The minimum atomic E-state index is -2.12. The molecule has 0 aromatic carbocycles. The van der Waals surface area contributed by atoms with Crippen molar-refractivity contribution in [1.82, 2.24) is 0 Å². The molecule has 0 rings (SSSR count). The smallest absolute Gasteiger partial charge is 0.499 e. The quantitative estimate of drug-likeness (QED) is 0.457. The monoisotopic (exact) mass is 90.0 g/mol. The standard InChI is InChI=1S/C2H6O2Si/c1-2-5(3)4/h3H,2H2,1H3. The van der Waals surface area contributed by atoms with Crippen LogP contribution in [0.15, 0.2) is 0 Å². The summed E-state index contributed by atoms with van der Waals surface area (Å²) in [4.78, 5) is 7.91. The molecule has 0 aliphatic carbocycles. The molecule has 0 heterocycles. The highest BCUT2D eigenvalue weighted by Gasteiger charge is 1.88. The van der Waals surface area contributed by atoms with Crippen molar-refractivity contribution in [2.45, 2.75) is 13.0 Å². The second-order valence-electron chi connectivity index (χ2n) is 0.747. The molecule has 0 saturated carbocycles. The third-order valence-corrected chi connectivity index (χ3v) is 0.907. The molecule has 0 aliphatic heterocycles. The number of rotatable bonds is 1. The largest absolute Gasteiger partial charge is 0.540 e. The van der Waals surface area contributed by atoms with Crippen LogP contribution in [-0.4, -0.2) is 13.7 Å². The SMILES string of the molecule is CC[Si](=O)O. The van der Waals surface area contributed by atoms with E-state index in [-0.39, 0.29) is 0 Å². The Hall–Kier alpha value is -0.183. The van der Waals surface area contributed by atoms with Gasteiger partial charge in [-0.2, -0.15) is 0 Å². The van der Waals surface area contributed by atoms with Crippen LogP contribution in [0.2, 0.25) is 6.04 Å². The first-order valence-electron chi connectivity index (χ1n) is 1.49. The van der Waals surface area contributed by atoms with Crippen LogP contribution >= 0.6 is 0 Å². The third kappa shape index (κ3) is 3.82. The van der Waals surface area contributed by atoms with Gasteiger partial charge in [0.25, 0.3) is 0 Å². The Morgan fingerprint density at radius 3 is 2.20 bits per heavy atom. The van der Waals surface area contributed by atoms with E-state index in [1.54, 1.807) is 6.92 Å². The van der Waals surface area contributed by atoms with Crippen LogP contribution in [-0.2, 0) is 4.46 Å². The molecule has 0 bridgehead atoms. The van der Waals surface area contributed by atoms with Crippen LogP contribution in [0.4, 0.5) is 0 Å². The van der Waals surface area contributed by atoms with E-state index in [0.717, 1.165) is 0 Å². The molecule has 0 aliphatic rings. The van der Waals surface area contributed by atoms with Crippen molar-refractivity contribution in [3.63, 3.8) is 0 Å². The molecule has 0 amide bonds. The van der Waals surface area contributed by atoms with Crippen molar-refractivity contribution in [1.29, 1.82) is 0 Å². The van der Waals surface area contributed by atoms with Gasteiger partial charge in [-0.3, -0.25) is 0 Å². The Bertz CT molecular complexity index is 42.9. The summed E-state index contributed by atoms with van der Waals surface area (Å²) in [6.45, 7) is 1.68. The fourth-order valence-corrected chi connectivity index (χ4v) is 0. The van der Waals surface area contributed by atoms with Gasteiger partial charge in [-0.1, -0.05) is 6.92 Å². The maximum atomic E-state index is 9.55. The molecule has 0 fully saturated rings. The molecule has 1 N–H and O–H groups in total. The maximum absolute atomic E-state index is 9.55. The normalized spacial score (nSPS) is 7.40. The highest BCUT2D eigenvalue weighted by Crippen LogP contribution is 1.67. The number of hydrogen-bond acceptors (Lipinski definition) is 1. The van der Waals surface area contributed by atoms with Crippen molar-refractivity contribution >= 4 is 8.93 Å². The minimum absolute atomic E-state index is 0.407. The fourth-order valence-electron chi connectivity index (χ4n) is 0. The van der Waals surface area contributed by atoms with Crippen LogP contribution in [0.3, 0.4) is 0 Å². The first kappa shape index (κ1) is 4.82. The Labute approximate surface area is 32.2 Å². The Kier molecular flexibility index (Phi) is 2.00. The maximum Gasteiger partial charge on any atom is 0.499 e. The second-order valence-corrected chi connectivity index (χ2v) is 2.24. The lowest BCUT2D eigenvalue weighted by Gasteiger charge is -1.68. The molecule has 0 spiro atoms. The van der Waals surface area contributed by atoms with Crippen LogP contribution in [0.5, 0.6) is 0 Å². The van der Waals surface area contributed by atoms with E-state index in [1.165, 1.54) is 0 Å². The van der Waals surface area contributed by atoms with Crippen molar-refractivity contribution in [3.05, 3.63) is 0 Å². The summed E-state index contributed by atoms with van der Waals surface area (Å²) in [5, 5.41) is 0. The summed E-state index contributed by atoms with van der Waals surface area (Å²) >= 11 is 0. The summed E-state index contributed by atoms with van der Waals surface area (Å²) in [5.74, 6) is 0. The van der Waals surface area contributed by atoms with Crippen LogP contribution in [0, 0.1) is 0 Å². The topological polar surface area (TPSA) is 37.3 Å². The molecule has 0 aromatic rings. The molecule has 0 atom stereocenters. The van der Waals surface area contributed by atoms with E-state index >= 15 is 0 Å². The average molecular weight is 90.2 g/mol. The van der Waals surface area contributed by atoms with Gasteiger partial charge in [0, 0.05) is 6.04 Å². The Morgan fingerprint density at radius 1 is 2.00 bits per heavy atom. The van der Waals surface area contributed by atoms with Crippen molar-refractivity contribution < 1.29 is 9.26 Å². The van der Waals surface area contributed by atoms with Gasteiger partial charge in [0.2, 0.25) is 0 Å². The first-order valence-corrected chi connectivity index (χ1v) is 3.05. The predicted molar refractivity (Wildman–Crippen MR) is 19.1 cm³/mol. The van der Waals surface area contributed by atoms with E-state index < -0.39 is 8.93 Å². The van der Waals surface area contributed by atoms with Crippen LogP contribution < -0.4 is 0 Å². The van der Waals surface area contributed by atoms with E-state index in [9.17, 15) is 4.46 Å². The van der Waals surface area contributed by atoms with Gasteiger partial charge in [0.15, 0.2) is 0 Å². The van der Waals surface area contributed by atoms with Gasteiger partial charge in [0.1, 0.15) is 0 Å². The van der Waals surface area contributed by atoms with Crippen LogP contribution in [0.25, 0.3) is 0 Å². The molecule has 0 saturated heterocycles. The Morgan fingerprint density at radius 2 is 2.20 bits per heavy atom. The molecule has 2 nitrogen and oxygen atoms in total. The predicted octanol–water partition coefficient (Wildman–Crippen LogP) is -0.0827. The molecule has 0 radical (unpaired) electrons. The highest BCUT2D eigenvalue weighted by atomic mass is 28.3. The summed E-state index contributed by atoms with van der Waals surface area (Å²) in [7, 11) is -2.12. The summed E-state index contributed by atoms with van der Waals surface area (Å²) in [6, 6.07) is 0.407. The summed E-state index contributed by atoms with van der Waals surface area (Å²) in [5.41, 5.74) is 0. The van der Waals surface area contributed by atoms with Gasteiger partial charge in [-0.05, 0) is 0 Å². The van der Waals surface area contributed by atoms with Crippen LogP contribution in [0.1, 0.15) is 6.92 Å². The molecule has 0 unspecified atom stereocenters. The Balaban J connectivity index is 2.85. The lowest BCUT2D eigenvalue weighted by Crippen LogP contribution is -1.90. The lowest BCUT2D eigenvalue weighted by atomic mass is 11.0. The van der Waals surface area contributed by atoms with Gasteiger partial charge in [-0.15, -0.1) is 0 Å². The lowest BCUT2D eigenvalue weighted by molar-refractivity contribution is 0.448. The molecular weight excluding hydrogens is 84.1 g/mol. The van der Waals surface area contributed by atoms with Gasteiger partial charge in [-0.25, -0.2) is 0 Å². The minimum Gasteiger partial charge on any atom is -0.540 e. The average Bonchev–Trinajstić information content (AvgIpc) is 1.38.